The van der Waals surface area contributed by atoms with E-state index in [0.29, 0.717) is 39.3 Å². The Labute approximate surface area is 215 Å². The molecule has 0 amide bonds. The molecule has 3 aromatic rings. The van der Waals surface area contributed by atoms with Gasteiger partial charge in [0.15, 0.2) is 0 Å². The van der Waals surface area contributed by atoms with Crippen molar-refractivity contribution in [1.82, 2.24) is 19.9 Å². The number of imidazole rings is 1. The molecule has 1 unspecified atom stereocenters. The number of alkyl halides is 3. The fourth-order valence-corrected chi connectivity index (χ4v) is 4.65. The van der Waals surface area contributed by atoms with E-state index >= 15 is 0 Å². The van der Waals surface area contributed by atoms with Crippen LogP contribution in [0.3, 0.4) is 0 Å². The Morgan fingerprint density at radius 3 is 2.63 bits per heavy atom. The molecule has 0 aliphatic carbocycles. The quantitative estimate of drug-likeness (QED) is 0.361. The van der Waals surface area contributed by atoms with Crippen LogP contribution in [-0.2, 0) is 13.1 Å². The second-order valence-electron chi connectivity index (χ2n) is 9.23. The van der Waals surface area contributed by atoms with Crippen LogP contribution in [0.4, 0.5) is 30.5 Å². The van der Waals surface area contributed by atoms with Crippen molar-refractivity contribution < 1.29 is 27.6 Å². The van der Waals surface area contributed by atoms with Gasteiger partial charge in [-0.2, -0.15) is 0 Å². The highest BCUT2D eigenvalue weighted by Gasteiger charge is 2.31. The lowest BCUT2D eigenvalue weighted by Crippen LogP contribution is -2.52. The summed E-state index contributed by atoms with van der Waals surface area (Å²) in [5.74, 6) is 0.383. The van der Waals surface area contributed by atoms with Crippen molar-refractivity contribution in [3.05, 3.63) is 64.5 Å². The zero-order valence-corrected chi connectivity index (χ0v) is 20.5. The van der Waals surface area contributed by atoms with Crippen molar-refractivity contribution >= 4 is 17.3 Å². The zero-order valence-electron chi connectivity index (χ0n) is 20.5. The number of nitro groups is 1. The number of piperazine rings is 1. The number of pyridine rings is 1. The molecule has 202 valence electrons. The standard InChI is InChI=1S/C24H26F3N7O4/c1-16-12-31(19-3-5-20(6-4-19)38-24(25,26)27)8-9-33(16)21-7-2-17(11-29-21)10-28-18-13-32-14-22(34(35)36)30-23(32)37-15-18/h2-7,11,14,16,18,28H,8-10,12-13,15H2,1H3/t16?,18-/m0/s1. The van der Waals surface area contributed by atoms with E-state index in [1.54, 1.807) is 16.7 Å². The number of anilines is 2. The molecule has 5 rings (SSSR count). The third kappa shape index (κ3) is 5.90. The molecule has 1 N–H and O–H groups in total. The number of hydrogen-bond donors (Lipinski definition) is 1. The topological polar surface area (TPSA) is 111 Å². The van der Waals surface area contributed by atoms with E-state index in [1.807, 2.05) is 18.3 Å². The first-order chi connectivity index (χ1) is 18.1. The molecule has 2 aliphatic rings. The van der Waals surface area contributed by atoms with Crippen LogP contribution >= 0.6 is 0 Å². The molecule has 1 aromatic carbocycles. The minimum Gasteiger partial charge on any atom is -0.444 e. The molecule has 2 atom stereocenters. The molecule has 1 saturated heterocycles. The molecule has 11 nitrogen and oxygen atoms in total. The highest BCUT2D eigenvalue weighted by atomic mass is 19.4. The zero-order chi connectivity index (χ0) is 26.9. The van der Waals surface area contributed by atoms with Crippen LogP contribution in [0, 0.1) is 10.1 Å². The third-order valence-electron chi connectivity index (χ3n) is 6.51. The van der Waals surface area contributed by atoms with Crippen LogP contribution in [-0.4, -0.2) is 64.1 Å². The number of halogens is 3. The second kappa shape index (κ2) is 10.4. The Kier molecular flexibility index (Phi) is 6.97. The number of aromatic nitrogens is 3. The van der Waals surface area contributed by atoms with E-state index < -0.39 is 11.3 Å². The summed E-state index contributed by atoms with van der Waals surface area (Å²) in [5, 5.41) is 14.3. The average Bonchev–Trinajstić information content (AvgIpc) is 3.31. The third-order valence-corrected chi connectivity index (χ3v) is 6.51. The van der Waals surface area contributed by atoms with Gasteiger partial charge in [-0.1, -0.05) is 6.07 Å². The lowest BCUT2D eigenvalue weighted by atomic mass is 10.1. The van der Waals surface area contributed by atoms with Gasteiger partial charge in [0, 0.05) is 55.6 Å². The van der Waals surface area contributed by atoms with Crippen molar-refractivity contribution in [3.8, 4) is 11.8 Å². The van der Waals surface area contributed by atoms with Crippen LogP contribution < -0.4 is 24.6 Å². The summed E-state index contributed by atoms with van der Waals surface area (Å²) in [7, 11) is 0. The van der Waals surface area contributed by atoms with E-state index in [9.17, 15) is 23.3 Å². The smallest absolute Gasteiger partial charge is 0.444 e. The highest BCUT2D eigenvalue weighted by Crippen LogP contribution is 2.28. The van der Waals surface area contributed by atoms with Gasteiger partial charge in [-0.3, -0.25) is 4.57 Å². The summed E-state index contributed by atoms with van der Waals surface area (Å²) in [4.78, 5) is 23.2. The largest absolute Gasteiger partial charge is 0.573 e. The molecule has 0 bridgehead atoms. The normalized spacial score (nSPS) is 19.6. The van der Waals surface area contributed by atoms with Crippen molar-refractivity contribution in [1.29, 1.82) is 0 Å². The molecule has 0 saturated carbocycles. The summed E-state index contributed by atoms with van der Waals surface area (Å²) < 4.78 is 48.3. The van der Waals surface area contributed by atoms with E-state index in [-0.39, 0.29) is 29.7 Å². The minimum absolute atomic E-state index is 0.0295. The highest BCUT2D eigenvalue weighted by molar-refractivity contribution is 5.52. The summed E-state index contributed by atoms with van der Waals surface area (Å²) in [6, 6.07) is 10.3. The Bertz CT molecular complexity index is 1270. The van der Waals surface area contributed by atoms with Crippen LogP contribution in [0.25, 0.3) is 0 Å². The van der Waals surface area contributed by atoms with Crippen molar-refractivity contribution in [2.24, 2.45) is 0 Å². The Balaban J connectivity index is 1.12. The van der Waals surface area contributed by atoms with Crippen molar-refractivity contribution in [3.63, 3.8) is 0 Å². The van der Waals surface area contributed by atoms with Crippen LogP contribution in [0.1, 0.15) is 12.5 Å². The van der Waals surface area contributed by atoms with Gasteiger partial charge in [0.25, 0.3) is 0 Å². The Morgan fingerprint density at radius 1 is 1.18 bits per heavy atom. The van der Waals surface area contributed by atoms with Crippen molar-refractivity contribution in [2.45, 2.75) is 38.5 Å². The number of nitrogens with one attached hydrogen (secondary N) is 1. The number of nitrogens with zero attached hydrogens (tertiary/aromatic N) is 6. The van der Waals surface area contributed by atoms with Crippen LogP contribution in [0.15, 0.2) is 48.8 Å². The molecule has 2 aliphatic heterocycles. The Morgan fingerprint density at radius 2 is 1.97 bits per heavy atom. The van der Waals surface area contributed by atoms with Gasteiger partial charge in [0.2, 0.25) is 0 Å². The van der Waals surface area contributed by atoms with Gasteiger partial charge in [-0.15, -0.1) is 13.2 Å². The fraction of sp³-hybridized carbons (Fsp3) is 0.417. The van der Waals surface area contributed by atoms with E-state index in [2.05, 4.69) is 36.7 Å². The predicted molar refractivity (Wildman–Crippen MR) is 131 cm³/mol. The minimum atomic E-state index is -4.71. The summed E-state index contributed by atoms with van der Waals surface area (Å²) >= 11 is 0. The van der Waals surface area contributed by atoms with Gasteiger partial charge in [-0.25, -0.2) is 4.98 Å². The lowest BCUT2D eigenvalue weighted by Gasteiger charge is -2.41. The summed E-state index contributed by atoms with van der Waals surface area (Å²) in [6.07, 6.45) is -1.52. The van der Waals surface area contributed by atoms with Crippen LogP contribution in [0.2, 0.25) is 0 Å². The maximum atomic E-state index is 12.4. The van der Waals surface area contributed by atoms with Crippen LogP contribution in [0.5, 0.6) is 11.8 Å². The first-order valence-corrected chi connectivity index (χ1v) is 12.0. The number of hydrogen-bond acceptors (Lipinski definition) is 9. The molecule has 0 spiro atoms. The van der Waals surface area contributed by atoms with Gasteiger partial charge >= 0.3 is 18.2 Å². The van der Waals surface area contributed by atoms with Gasteiger partial charge in [-0.05, 0) is 47.7 Å². The monoisotopic (exact) mass is 533 g/mol. The first kappa shape index (κ1) is 25.6. The van der Waals surface area contributed by atoms with E-state index in [4.69, 9.17) is 4.74 Å². The predicted octanol–water partition coefficient (Wildman–Crippen LogP) is 3.35. The van der Waals surface area contributed by atoms with Gasteiger partial charge in [0.05, 0.1) is 6.04 Å². The maximum absolute atomic E-state index is 12.4. The molecule has 1 fully saturated rings. The SMILES string of the molecule is CC1CN(c2ccc(OC(F)(F)F)cc2)CCN1c1ccc(CN[C@@H]2COc3nc([N+](=O)[O-])cn3C2)cn1. The van der Waals surface area contributed by atoms with Gasteiger partial charge in [0.1, 0.15) is 24.4 Å². The second-order valence-corrected chi connectivity index (χ2v) is 9.23. The summed E-state index contributed by atoms with van der Waals surface area (Å²) in [5.41, 5.74) is 1.83. The lowest BCUT2D eigenvalue weighted by molar-refractivity contribution is -0.389. The van der Waals surface area contributed by atoms with Crippen molar-refractivity contribution in [2.75, 3.05) is 36.0 Å². The number of rotatable bonds is 7. The van der Waals surface area contributed by atoms with Gasteiger partial charge < -0.3 is 34.7 Å². The number of benzene rings is 1. The van der Waals surface area contributed by atoms with E-state index in [0.717, 1.165) is 17.1 Å². The first-order valence-electron chi connectivity index (χ1n) is 12.0. The fourth-order valence-electron chi connectivity index (χ4n) is 4.65. The maximum Gasteiger partial charge on any atom is 0.573 e. The molecular weight excluding hydrogens is 507 g/mol. The molecule has 14 heteroatoms. The molecule has 2 aromatic heterocycles. The molecule has 0 radical (unpaired) electrons. The molecule has 38 heavy (non-hydrogen) atoms. The molecule has 4 heterocycles. The molecular formula is C24H26F3N7O4. The number of fused-ring (bicyclic) bond motifs is 1. The Hall–Kier alpha value is -4.07. The number of ether oxygens (including phenoxy) is 2. The average molecular weight is 534 g/mol. The van der Waals surface area contributed by atoms with E-state index in [1.165, 1.54) is 18.3 Å². The summed E-state index contributed by atoms with van der Waals surface area (Å²) in [6.45, 7) is 5.63.